The largest absolute Gasteiger partial charge is 0.303 e. The predicted molar refractivity (Wildman–Crippen MR) is 204 cm³/mol. The quantitative estimate of drug-likeness (QED) is 0.142. The Balaban J connectivity index is 0.807. The van der Waals surface area contributed by atoms with Gasteiger partial charge in [0, 0.05) is 60.9 Å². The van der Waals surface area contributed by atoms with Gasteiger partial charge in [0.05, 0.1) is 35.4 Å². The van der Waals surface area contributed by atoms with E-state index in [0.717, 1.165) is 33.4 Å². The van der Waals surface area contributed by atoms with Gasteiger partial charge in [0.1, 0.15) is 35.6 Å². The number of rotatable bonds is 9. The molecule has 0 saturated carbocycles. The van der Waals surface area contributed by atoms with Gasteiger partial charge in [-0.15, -0.1) is 0 Å². The summed E-state index contributed by atoms with van der Waals surface area (Å²) < 4.78 is 0. The highest BCUT2D eigenvalue weighted by Gasteiger charge is 2.27. The molecule has 20 nitrogen and oxygen atoms in total. The molecule has 0 radical (unpaired) electrons. The first-order valence-corrected chi connectivity index (χ1v) is 17.5. The zero-order valence-corrected chi connectivity index (χ0v) is 29.8. The molecule has 0 spiro atoms. The van der Waals surface area contributed by atoms with Crippen LogP contribution in [0.3, 0.4) is 0 Å². The number of benzene rings is 2. The third kappa shape index (κ3) is 6.68. The molecule has 2 unspecified atom stereocenters. The number of aliphatic imine (C=N–C) groups is 2. The predicted octanol–water partition coefficient (Wildman–Crippen LogP) is 2.87. The van der Waals surface area contributed by atoms with E-state index in [1.54, 1.807) is 55.8 Å². The molecule has 2 atom stereocenters. The van der Waals surface area contributed by atoms with Crippen molar-refractivity contribution < 1.29 is 0 Å². The fourth-order valence-corrected chi connectivity index (χ4v) is 6.21. The molecule has 0 amide bonds. The molecule has 2 aromatic carbocycles. The SMILES string of the molecule is CN1NC(c2cnc(-c3cnc(C4N=C(c5cccc(-c6n[nH]c(-c7cnccn7)n6)c5)NN4)cn3)nc2)=NC1c1cccc(-c2nc(-c3cncnc3)n[nH]2)c1. The van der Waals surface area contributed by atoms with Crippen molar-refractivity contribution in [3.05, 3.63) is 133 Å². The van der Waals surface area contributed by atoms with Gasteiger partial charge in [-0.2, -0.15) is 15.2 Å². The summed E-state index contributed by atoms with van der Waals surface area (Å²) in [5.74, 6) is 3.91. The Bertz CT molecular complexity index is 2750. The molecule has 0 aliphatic carbocycles. The van der Waals surface area contributed by atoms with Gasteiger partial charge in [-0.1, -0.05) is 36.4 Å². The summed E-state index contributed by atoms with van der Waals surface area (Å²) in [6.45, 7) is 0. The molecule has 6 aromatic heterocycles. The monoisotopic (exact) mass is 752 g/mol. The van der Waals surface area contributed by atoms with Crippen molar-refractivity contribution in [2.45, 2.75) is 12.3 Å². The topological polar surface area (TPSA) is 250 Å². The lowest BCUT2D eigenvalue weighted by atomic mass is 10.1. The van der Waals surface area contributed by atoms with Crippen LogP contribution in [-0.4, -0.2) is 94.0 Å². The Hall–Kier alpha value is -8.10. The van der Waals surface area contributed by atoms with Gasteiger partial charge in [0.2, 0.25) is 0 Å². The molecule has 8 aromatic rings. The fourth-order valence-electron chi connectivity index (χ4n) is 6.21. The zero-order valence-electron chi connectivity index (χ0n) is 29.8. The van der Waals surface area contributed by atoms with Crippen LogP contribution in [-0.2, 0) is 0 Å². The van der Waals surface area contributed by atoms with Crippen molar-refractivity contribution in [2.24, 2.45) is 9.98 Å². The van der Waals surface area contributed by atoms with E-state index in [4.69, 9.17) is 9.98 Å². The van der Waals surface area contributed by atoms with Crippen LogP contribution < -0.4 is 16.3 Å². The number of nitrogens with zero attached hydrogens (tertiary/aromatic N) is 15. The smallest absolute Gasteiger partial charge is 0.184 e. The van der Waals surface area contributed by atoms with Crippen molar-refractivity contribution in [3.8, 4) is 57.2 Å². The number of hydrazine groups is 2. The number of H-pyrrole nitrogens is 2. The van der Waals surface area contributed by atoms with E-state index >= 15 is 0 Å². The van der Waals surface area contributed by atoms with Gasteiger partial charge in [0.15, 0.2) is 35.3 Å². The van der Waals surface area contributed by atoms with E-state index in [1.807, 2.05) is 60.6 Å². The molecule has 20 heteroatoms. The Morgan fingerprint density at radius 2 is 1.37 bits per heavy atom. The van der Waals surface area contributed by atoms with Crippen LogP contribution in [0.5, 0.6) is 0 Å². The zero-order chi connectivity index (χ0) is 38.1. The Labute approximate surface area is 322 Å². The second-order valence-corrected chi connectivity index (χ2v) is 12.8. The first-order chi connectivity index (χ1) is 28.1. The molecule has 276 valence electrons. The number of nitrogens with one attached hydrogen (secondary N) is 5. The molecule has 10 rings (SSSR count). The molecular formula is C37H28N20. The van der Waals surface area contributed by atoms with Crippen LogP contribution in [0.15, 0.2) is 121 Å². The Kier molecular flexibility index (Phi) is 8.38. The van der Waals surface area contributed by atoms with Crippen molar-refractivity contribution >= 4 is 11.7 Å². The second-order valence-electron chi connectivity index (χ2n) is 12.8. The van der Waals surface area contributed by atoms with Crippen molar-refractivity contribution in [1.82, 2.24) is 91.5 Å². The fraction of sp³-hybridized carbons (Fsp3) is 0.0811. The Morgan fingerprint density at radius 3 is 2.19 bits per heavy atom. The molecule has 8 heterocycles. The summed E-state index contributed by atoms with van der Waals surface area (Å²) in [5, 5.41) is 16.6. The highest BCUT2D eigenvalue weighted by atomic mass is 15.6. The van der Waals surface area contributed by atoms with Gasteiger partial charge in [-0.25, -0.2) is 55.3 Å². The van der Waals surface area contributed by atoms with Crippen LogP contribution >= 0.6 is 0 Å². The van der Waals surface area contributed by atoms with Crippen molar-refractivity contribution in [3.63, 3.8) is 0 Å². The molecule has 0 saturated heterocycles. The van der Waals surface area contributed by atoms with Gasteiger partial charge >= 0.3 is 0 Å². The first kappa shape index (κ1) is 33.5. The minimum Gasteiger partial charge on any atom is -0.303 e. The lowest BCUT2D eigenvalue weighted by Gasteiger charge is -2.18. The summed E-state index contributed by atoms with van der Waals surface area (Å²) in [6.07, 6.45) is 15.6. The van der Waals surface area contributed by atoms with Crippen molar-refractivity contribution in [2.75, 3.05) is 7.05 Å². The lowest BCUT2D eigenvalue weighted by Crippen LogP contribution is -2.34. The third-order valence-corrected chi connectivity index (χ3v) is 9.04. The molecular weight excluding hydrogens is 725 g/mol. The molecule has 5 N–H and O–H groups in total. The van der Waals surface area contributed by atoms with Crippen LogP contribution in [0.25, 0.3) is 57.2 Å². The van der Waals surface area contributed by atoms with E-state index in [0.29, 0.717) is 57.9 Å². The van der Waals surface area contributed by atoms with Gasteiger partial charge < -0.3 is 10.9 Å². The van der Waals surface area contributed by atoms with E-state index < -0.39 is 6.17 Å². The maximum absolute atomic E-state index is 4.94. The maximum atomic E-state index is 4.94. The van der Waals surface area contributed by atoms with Crippen LogP contribution in [0.1, 0.15) is 34.7 Å². The molecule has 2 aliphatic heterocycles. The standard InChI is InChI=1S/C37H28N20/c1-57-37(23-7-3-6-22(11-23)29-46-32(53-50-29)24-12-39-19-40-13-24)49-33(56-57)25-14-44-34(45-15-25)27-17-43-28(18-42-27)36-48-31(52-55-36)21-5-2-4-20(10-21)30-47-35(54-51-30)26-16-38-8-9-41-26/h2-19,36-37,55H,1H3,(H,48,52)(H,49,56)(H,46,50,53)(H,47,51,54). The average Bonchev–Trinajstić information content (AvgIpc) is 4.13. The highest BCUT2D eigenvalue weighted by Crippen LogP contribution is 2.29. The van der Waals surface area contributed by atoms with Gasteiger partial charge in [0.25, 0.3) is 0 Å². The number of amidine groups is 2. The lowest BCUT2D eigenvalue weighted by molar-refractivity contribution is 0.243. The van der Waals surface area contributed by atoms with E-state index in [1.165, 1.54) is 6.33 Å². The van der Waals surface area contributed by atoms with Crippen LogP contribution in [0, 0.1) is 0 Å². The first-order valence-electron chi connectivity index (χ1n) is 17.5. The molecule has 0 fully saturated rings. The molecule has 2 aliphatic rings. The normalized spacial score (nSPS) is 16.5. The summed E-state index contributed by atoms with van der Waals surface area (Å²) in [4.78, 5) is 53.8. The highest BCUT2D eigenvalue weighted by molar-refractivity contribution is 6.00. The van der Waals surface area contributed by atoms with Crippen molar-refractivity contribution in [1.29, 1.82) is 0 Å². The average molecular weight is 753 g/mol. The van der Waals surface area contributed by atoms with E-state index in [-0.39, 0.29) is 6.17 Å². The van der Waals surface area contributed by atoms with Crippen LogP contribution in [0.2, 0.25) is 0 Å². The minimum absolute atomic E-state index is 0.300. The minimum atomic E-state index is -0.463. The number of aromatic nitrogens is 14. The van der Waals surface area contributed by atoms with Gasteiger partial charge in [-0.3, -0.25) is 20.2 Å². The maximum Gasteiger partial charge on any atom is 0.184 e. The summed E-state index contributed by atoms with van der Waals surface area (Å²) in [5.41, 5.74) is 16.3. The summed E-state index contributed by atoms with van der Waals surface area (Å²) >= 11 is 0. The second kappa shape index (κ2) is 14.3. The van der Waals surface area contributed by atoms with Crippen LogP contribution in [0.4, 0.5) is 0 Å². The summed E-state index contributed by atoms with van der Waals surface area (Å²) in [6, 6.07) is 15.7. The number of hydrogen-bond donors (Lipinski definition) is 5. The molecule has 57 heavy (non-hydrogen) atoms. The summed E-state index contributed by atoms with van der Waals surface area (Å²) in [7, 11) is 1.93. The number of hydrogen-bond acceptors (Lipinski definition) is 18. The van der Waals surface area contributed by atoms with E-state index in [2.05, 4.69) is 86.5 Å². The number of aromatic amines is 2. The van der Waals surface area contributed by atoms with Gasteiger partial charge in [-0.05, 0) is 17.7 Å². The Morgan fingerprint density at radius 1 is 0.579 bits per heavy atom. The van der Waals surface area contributed by atoms with E-state index in [9.17, 15) is 0 Å². The molecule has 0 bridgehead atoms. The third-order valence-electron chi connectivity index (χ3n) is 9.04.